The smallest absolute Gasteiger partial charge is 0.344 e. The monoisotopic (exact) mass is 264 g/mol. The summed E-state index contributed by atoms with van der Waals surface area (Å²) < 4.78 is 14.9. The molecule has 1 heterocycles. The van der Waals surface area contributed by atoms with Crippen molar-refractivity contribution in [1.29, 1.82) is 0 Å². The van der Waals surface area contributed by atoms with Gasteiger partial charge in [0.1, 0.15) is 5.75 Å². The van der Waals surface area contributed by atoms with Crippen LogP contribution in [-0.4, -0.2) is 24.3 Å². The molecule has 2 rings (SSSR count). The van der Waals surface area contributed by atoms with Crippen LogP contribution >= 0.6 is 0 Å². The summed E-state index contributed by atoms with van der Waals surface area (Å²) in [4.78, 5) is 22.4. The number of para-hydroxylation sites is 1. The summed E-state index contributed by atoms with van der Waals surface area (Å²) in [6.07, 6.45) is 0. The number of hydrogen-bond donors (Lipinski definition) is 1. The standard InChI is InChI=1S/C13H12O6/c1-2-17-12(16)7-18-10-5-3-4-8-9(14)6-11(15)19-13(8)10/h3-6,14H,2,7H2,1H3. The Hall–Kier alpha value is -2.50. The molecule has 6 nitrogen and oxygen atoms in total. The molecule has 1 N–H and O–H groups in total. The van der Waals surface area contributed by atoms with E-state index in [1.165, 1.54) is 6.07 Å². The molecule has 1 aromatic carbocycles. The zero-order chi connectivity index (χ0) is 13.8. The molecule has 1 aromatic heterocycles. The molecule has 0 fully saturated rings. The van der Waals surface area contributed by atoms with Crippen LogP contribution < -0.4 is 10.4 Å². The molecule has 6 heteroatoms. The van der Waals surface area contributed by atoms with Crippen molar-refractivity contribution in [3.05, 3.63) is 34.7 Å². The number of benzene rings is 1. The Morgan fingerprint density at radius 3 is 2.95 bits per heavy atom. The number of aromatic hydroxyl groups is 1. The molecule has 100 valence electrons. The van der Waals surface area contributed by atoms with Gasteiger partial charge in [-0.1, -0.05) is 6.07 Å². The van der Waals surface area contributed by atoms with Gasteiger partial charge >= 0.3 is 11.6 Å². The summed E-state index contributed by atoms with van der Waals surface area (Å²) >= 11 is 0. The minimum Gasteiger partial charge on any atom is -0.507 e. The van der Waals surface area contributed by atoms with E-state index in [9.17, 15) is 14.7 Å². The number of carbonyl (C=O) groups is 1. The lowest BCUT2D eigenvalue weighted by atomic mass is 10.2. The van der Waals surface area contributed by atoms with Gasteiger partial charge in [-0.2, -0.15) is 0 Å². The third kappa shape index (κ3) is 2.85. The molecule has 0 bridgehead atoms. The van der Waals surface area contributed by atoms with Crippen molar-refractivity contribution in [3.8, 4) is 11.5 Å². The fraction of sp³-hybridized carbons (Fsp3) is 0.231. The van der Waals surface area contributed by atoms with E-state index in [0.717, 1.165) is 6.07 Å². The second-order valence-corrected chi connectivity index (χ2v) is 3.68. The second-order valence-electron chi connectivity index (χ2n) is 3.68. The summed E-state index contributed by atoms with van der Waals surface area (Å²) in [6, 6.07) is 5.69. The van der Waals surface area contributed by atoms with Crippen molar-refractivity contribution < 1.29 is 23.8 Å². The Balaban J connectivity index is 2.33. The number of hydrogen-bond acceptors (Lipinski definition) is 6. The molecule has 0 saturated carbocycles. The lowest BCUT2D eigenvalue weighted by Crippen LogP contribution is -2.14. The zero-order valence-corrected chi connectivity index (χ0v) is 10.2. The molecule has 0 amide bonds. The van der Waals surface area contributed by atoms with Crippen LogP contribution in [0.1, 0.15) is 6.92 Å². The Kier molecular flexibility index (Phi) is 3.70. The van der Waals surface area contributed by atoms with E-state index < -0.39 is 11.6 Å². The molecule has 19 heavy (non-hydrogen) atoms. The van der Waals surface area contributed by atoms with Gasteiger partial charge in [0, 0.05) is 0 Å². The van der Waals surface area contributed by atoms with Crippen molar-refractivity contribution >= 4 is 16.9 Å². The van der Waals surface area contributed by atoms with Gasteiger partial charge in [0.25, 0.3) is 0 Å². The first-order valence-electron chi connectivity index (χ1n) is 5.66. The first-order chi connectivity index (χ1) is 9.11. The summed E-state index contributed by atoms with van der Waals surface area (Å²) in [5.74, 6) is -0.534. The molecule has 0 spiro atoms. The molecule has 0 radical (unpaired) electrons. The topological polar surface area (TPSA) is 86.0 Å². The maximum Gasteiger partial charge on any atom is 0.344 e. The quantitative estimate of drug-likeness (QED) is 0.664. The van der Waals surface area contributed by atoms with Gasteiger partial charge in [-0.05, 0) is 19.1 Å². The Morgan fingerprint density at radius 2 is 2.21 bits per heavy atom. The van der Waals surface area contributed by atoms with Gasteiger partial charge in [0.05, 0.1) is 18.1 Å². The average Bonchev–Trinajstić information content (AvgIpc) is 2.36. The number of ether oxygens (including phenoxy) is 2. The molecule has 0 aliphatic heterocycles. The molecular weight excluding hydrogens is 252 g/mol. The average molecular weight is 264 g/mol. The maximum atomic E-state index is 11.2. The van der Waals surface area contributed by atoms with Gasteiger partial charge < -0.3 is 19.0 Å². The van der Waals surface area contributed by atoms with Crippen LogP contribution in [-0.2, 0) is 9.53 Å². The molecule has 2 aromatic rings. The van der Waals surface area contributed by atoms with Crippen molar-refractivity contribution in [3.63, 3.8) is 0 Å². The number of rotatable bonds is 4. The van der Waals surface area contributed by atoms with E-state index in [1.54, 1.807) is 19.1 Å². The number of carbonyl (C=O) groups excluding carboxylic acids is 1. The Morgan fingerprint density at radius 1 is 1.42 bits per heavy atom. The van der Waals surface area contributed by atoms with E-state index in [2.05, 4.69) is 0 Å². The Labute approximate surface area is 108 Å². The Bertz CT molecular complexity index is 658. The fourth-order valence-corrected chi connectivity index (χ4v) is 1.60. The predicted octanol–water partition coefficient (Wildman–Crippen LogP) is 1.44. The second kappa shape index (κ2) is 5.43. The SMILES string of the molecule is CCOC(=O)COc1cccc2c(O)cc(=O)oc12. The van der Waals surface area contributed by atoms with Crippen LogP contribution in [0.15, 0.2) is 33.5 Å². The molecule has 0 atom stereocenters. The number of fused-ring (bicyclic) bond motifs is 1. The highest BCUT2D eigenvalue weighted by Gasteiger charge is 2.11. The highest BCUT2D eigenvalue weighted by atomic mass is 16.6. The van der Waals surface area contributed by atoms with E-state index >= 15 is 0 Å². The van der Waals surface area contributed by atoms with E-state index in [1.807, 2.05) is 0 Å². The van der Waals surface area contributed by atoms with Crippen LogP contribution in [0.2, 0.25) is 0 Å². The van der Waals surface area contributed by atoms with Gasteiger partial charge in [-0.25, -0.2) is 9.59 Å². The lowest BCUT2D eigenvalue weighted by Gasteiger charge is -2.08. The van der Waals surface area contributed by atoms with E-state index in [-0.39, 0.29) is 30.3 Å². The van der Waals surface area contributed by atoms with Gasteiger partial charge in [-0.15, -0.1) is 0 Å². The van der Waals surface area contributed by atoms with Gasteiger partial charge in [0.2, 0.25) is 0 Å². The molecule has 0 unspecified atom stereocenters. The molecule has 0 aliphatic carbocycles. The third-order valence-electron chi connectivity index (χ3n) is 2.36. The van der Waals surface area contributed by atoms with Crippen LogP contribution in [0.25, 0.3) is 11.0 Å². The zero-order valence-electron chi connectivity index (χ0n) is 10.2. The normalized spacial score (nSPS) is 10.4. The van der Waals surface area contributed by atoms with Crippen LogP contribution in [0.5, 0.6) is 11.5 Å². The third-order valence-corrected chi connectivity index (χ3v) is 2.36. The summed E-state index contributed by atoms with van der Waals surface area (Å²) in [5, 5.41) is 9.97. The molecule has 0 saturated heterocycles. The number of esters is 1. The molecular formula is C13H12O6. The minimum atomic E-state index is -0.697. The van der Waals surface area contributed by atoms with Crippen molar-refractivity contribution in [2.45, 2.75) is 6.92 Å². The maximum absolute atomic E-state index is 11.2. The van der Waals surface area contributed by atoms with Crippen LogP contribution in [0, 0.1) is 0 Å². The fourth-order valence-electron chi connectivity index (χ4n) is 1.60. The van der Waals surface area contributed by atoms with Gasteiger partial charge in [0.15, 0.2) is 17.9 Å². The van der Waals surface area contributed by atoms with E-state index in [4.69, 9.17) is 13.9 Å². The first kappa shape index (κ1) is 12.9. The predicted molar refractivity (Wildman–Crippen MR) is 66.3 cm³/mol. The van der Waals surface area contributed by atoms with E-state index in [0.29, 0.717) is 5.39 Å². The van der Waals surface area contributed by atoms with Crippen molar-refractivity contribution in [2.24, 2.45) is 0 Å². The highest BCUT2D eigenvalue weighted by molar-refractivity contribution is 5.87. The van der Waals surface area contributed by atoms with Crippen molar-refractivity contribution in [2.75, 3.05) is 13.2 Å². The minimum absolute atomic E-state index is 0.0943. The highest BCUT2D eigenvalue weighted by Crippen LogP contribution is 2.29. The summed E-state index contributed by atoms with van der Waals surface area (Å²) in [6.45, 7) is 1.65. The summed E-state index contributed by atoms with van der Waals surface area (Å²) in [7, 11) is 0. The summed E-state index contributed by atoms with van der Waals surface area (Å²) in [5.41, 5.74) is -0.603. The lowest BCUT2D eigenvalue weighted by molar-refractivity contribution is -0.145. The van der Waals surface area contributed by atoms with Crippen LogP contribution in [0.3, 0.4) is 0 Å². The van der Waals surface area contributed by atoms with Crippen molar-refractivity contribution in [1.82, 2.24) is 0 Å². The molecule has 0 aliphatic rings. The van der Waals surface area contributed by atoms with Gasteiger partial charge in [-0.3, -0.25) is 0 Å². The largest absolute Gasteiger partial charge is 0.507 e. The first-order valence-corrected chi connectivity index (χ1v) is 5.66. The van der Waals surface area contributed by atoms with Crippen LogP contribution in [0.4, 0.5) is 0 Å².